The lowest BCUT2D eigenvalue weighted by atomic mass is 10.1. The summed E-state index contributed by atoms with van der Waals surface area (Å²) < 4.78 is 13.3. The molecule has 0 aliphatic rings. The van der Waals surface area contributed by atoms with Crippen LogP contribution in [0.4, 0.5) is 5.82 Å². The van der Waals surface area contributed by atoms with Gasteiger partial charge in [0, 0.05) is 6.20 Å². The van der Waals surface area contributed by atoms with Crippen LogP contribution in [0.15, 0.2) is 77.3 Å². The third kappa shape index (κ3) is 4.12. The molecule has 2 aromatic carbocycles. The fourth-order valence-electron chi connectivity index (χ4n) is 1.58. The number of hydrogen-bond donors (Lipinski definition) is 0. The second-order valence-corrected chi connectivity index (χ2v) is 4.03. The second kappa shape index (κ2) is 7.18. The van der Waals surface area contributed by atoms with E-state index in [9.17, 15) is 4.21 Å². The molecule has 0 unspecified atom stereocenters. The van der Waals surface area contributed by atoms with Crippen molar-refractivity contribution in [3.8, 4) is 0 Å². The zero-order chi connectivity index (χ0) is 13.3. The monoisotopic (exact) mass is 268 g/mol. The Labute approximate surface area is 115 Å². The Hall–Kier alpha value is -2.33. The second-order valence-electron chi connectivity index (χ2n) is 3.70. The van der Waals surface area contributed by atoms with Crippen LogP contribution >= 0.6 is 0 Å². The molecule has 0 aliphatic heterocycles. The van der Waals surface area contributed by atoms with Crippen molar-refractivity contribution in [1.29, 1.82) is 0 Å². The van der Waals surface area contributed by atoms with E-state index in [0.29, 0.717) is 5.82 Å². The van der Waals surface area contributed by atoms with Crippen LogP contribution in [-0.2, 0) is 11.5 Å². The molecule has 1 aromatic heterocycles. The van der Waals surface area contributed by atoms with Gasteiger partial charge < -0.3 is 0 Å². The van der Waals surface area contributed by atoms with Gasteiger partial charge in [-0.15, -0.1) is 4.36 Å². The van der Waals surface area contributed by atoms with Gasteiger partial charge in [0.05, 0.1) is 0 Å². The van der Waals surface area contributed by atoms with E-state index in [0.717, 1.165) is 0 Å². The summed E-state index contributed by atoms with van der Waals surface area (Å²) in [4.78, 5) is 3.78. The van der Waals surface area contributed by atoms with Gasteiger partial charge >= 0.3 is 0 Å². The molecule has 4 heteroatoms. The summed E-state index contributed by atoms with van der Waals surface area (Å²) >= 11 is 0.167. The van der Waals surface area contributed by atoms with E-state index in [2.05, 4.69) is 57.9 Å². The van der Waals surface area contributed by atoms with E-state index in [1.54, 1.807) is 24.4 Å². The van der Waals surface area contributed by atoms with Crippen molar-refractivity contribution in [3.05, 3.63) is 72.9 Å². The van der Waals surface area contributed by atoms with Crippen molar-refractivity contribution in [2.75, 3.05) is 0 Å². The zero-order valence-corrected chi connectivity index (χ0v) is 11.0. The Morgan fingerprint density at radius 1 is 0.789 bits per heavy atom. The van der Waals surface area contributed by atoms with Crippen molar-refractivity contribution in [3.63, 3.8) is 0 Å². The minimum atomic E-state index is 0.167. The van der Waals surface area contributed by atoms with Crippen molar-refractivity contribution in [2.45, 2.75) is 0 Å². The lowest BCUT2D eigenvalue weighted by molar-refractivity contribution is 0.698. The Morgan fingerprint density at radius 3 is 1.74 bits per heavy atom. The molecule has 0 fully saturated rings. The van der Waals surface area contributed by atoms with Crippen LogP contribution in [0, 0.1) is 0 Å². The quantitative estimate of drug-likeness (QED) is 0.670. The van der Waals surface area contributed by atoms with Gasteiger partial charge in [0.2, 0.25) is 11.5 Å². The van der Waals surface area contributed by atoms with Crippen molar-refractivity contribution in [2.24, 2.45) is 4.36 Å². The van der Waals surface area contributed by atoms with Crippen LogP contribution in [0.5, 0.6) is 0 Å². The number of hydrogen-bond acceptors (Lipinski definition) is 3. The molecule has 0 bridgehead atoms. The standard InChI is InChI=1S/C10H8.C5H4N2OS/c1-2-6-10-8-4-3-7-9(10)5-1;8-9-7-5-3-1-2-4-6-5/h1-8H;1-4H. The van der Waals surface area contributed by atoms with Gasteiger partial charge in [-0.05, 0) is 22.9 Å². The van der Waals surface area contributed by atoms with Gasteiger partial charge in [-0.25, -0.2) is 4.98 Å². The topological polar surface area (TPSA) is 42.3 Å². The third-order valence-electron chi connectivity index (χ3n) is 2.44. The molecular formula is C15H12N2OS. The molecule has 0 spiro atoms. The lowest BCUT2D eigenvalue weighted by Crippen LogP contribution is -1.67. The maximum absolute atomic E-state index is 9.81. The highest BCUT2D eigenvalue weighted by atomic mass is 32.1. The molecule has 1 heterocycles. The minimum Gasteiger partial charge on any atom is -0.236 e. The molecule has 3 nitrogen and oxygen atoms in total. The molecule has 0 amide bonds. The van der Waals surface area contributed by atoms with Crippen LogP contribution in [-0.4, -0.2) is 9.19 Å². The molecule has 0 atom stereocenters. The van der Waals surface area contributed by atoms with Gasteiger partial charge in [-0.1, -0.05) is 54.6 Å². The number of rotatable bonds is 1. The first-order chi connectivity index (χ1) is 9.40. The Balaban J connectivity index is 0.000000141. The van der Waals surface area contributed by atoms with E-state index in [1.165, 1.54) is 10.8 Å². The van der Waals surface area contributed by atoms with E-state index >= 15 is 0 Å². The molecule has 3 aromatic rings. The van der Waals surface area contributed by atoms with Crippen molar-refractivity contribution >= 4 is 28.1 Å². The highest BCUT2D eigenvalue weighted by Gasteiger charge is 1.85. The molecule has 19 heavy (non-hydrogen) atoms. The average molecular weight is 268 g/mol. The summed E-state index contributed by atoms with van der Waals surface area (Å²) in [5.74, 6) is 0.470. The Morgan fingerprint density at radius 2 is 1.32 bits per heavy atom. The van der Waals surface area contributed by atoms with Gasteiger partial charge in [0.15, 0.2) is 5.82 Å². The van der Waals surface area contributed by atoms with Crippen LogP contribution in [0.3, 0.4) is 0 Å². The zero-order valence-electron chi connectivity index (χ0n) is 10.1. The first-order valence-electron chi connectivity index (χ1n) is 5.75. The van der Waals surface area contributed by atoms with E-state index < -0.39 is 0 Å². The van der Waals surface area contributed by atoms with Crippen LogP contribution in [0.2, 0.25) is 0 Å². The minimum absolute atomic E-state index is 0.167. The fraction of sp³-hybridized carbons (Fsp3) is 0. The molecular weight excluding hydrogens is 256 g/mol. The summed E-state index contributed by atoms with van der Waals surface area (Å²) in [7, 11) is 0. The lowest BCUT2D eigenvalue weighted by Gasteiger charge is -1.92. The molecule has 3 rings (SSSR count). The van der Waals surface area contributed by atoms with Crippen molar-refractivity contribution < 1.29 is 4.21 Å². The van der Waals surface area contributed by atoms with Gasteiger partial charge in [-0.3, -0.25) is 0 Å². The van der Waals surface area contributed by atoms with Crippen LogP contribution in [0.25, 0.3) is 10.8 Å². The summed E-state index contributed by atoms with van der Waals surface area (Å²) in [6.45, 7) is 0. The van der Waals surface area contributed by atoms with Crippen LogP contribution < -0.4 is 0 Å². The number of benzene rings is 2. The molecule has 0 saturated heterocycles. The molecule has 94 valence electrons. The molecule has 0 radical (unpaired) electrons. The number of fused-ring (bicyclic) bond motifs is 1. The highest BCUT2D eigenvalue weighted by molar-refractivity contribution is 7.54. The van der Waals surface area contributed by atoms with Gasteiger partial charge in [0.1, 0.15) is 0 Å². The Bertz CT molecular complexity index is 629. The average Bonchev–Trinajstić information content (AvgIpc) is 2.50. The first kappa shape index (κ1) is 13.1. The highest BCUT2D eigenvalue weighted by Crippen LogP contribution is 2.11. The van der Waals surface area contributed by atoms with Crippen LogP contribution in [0.1, 0.15) is 0 Å². The molecule has 0 aliphatic carbocycles. The van der Waals surface area contributed by atoms with Gasteiger partial charge in [-0.2, -0.15) is 4.21 Å². The summed E-state index contributed by atoms with van der Waals surface area (Å²) in [6, 6.07) is 21.9. The number of pyridine rings is 1. The number of aromatic nitrogens is 1. The first-order valence-corrected chi connectivity index (χ1v) is 6.45. The smallest absolute Gasteiger partial charge is 0.206 e. The molecule has 0 saturated carbocycles. The van der Waals surface area contributed by atoms with E-state index in [-0.39, 0.29) is 11.5 Å². The molecule has 0 N–H and O–H groups in total. The predicted molar refractivity (Wildman–Crippen MR) is 78.4 cm³/mol. The largest absolute Gasteiger partial charge is 0.236 e. The maximum Gasteiger partial charge on any atom is 0.206 e. The van der Waals surface area contributed by atoms with E-state index in [4.69, 9.17) is 0 Å². The SMILES string of the molecule is O=S=Nc1ccccn1.c1ccc2ccccc2c1. The van der Waals surface area contributed by atoms with Crippen molar-refractivity contribution in [1.82, 2.24) is 4.98 Å². The van der Waals surface area contributed by atoms with Gasteiger partial charge in [0.25, 0.3) is 0 Å². The predicted octanol–water partition coefficient (Wildman–Crippen LogP) is 3.95. The number of nitrogens with zero attached hydrogens (tertiary/aromatic N) is 2. The summed E-state index contributed by atoms with van der Waals surface area (Å²) in [5.41, 5.74) is 0. The summed E-state index contributed by atoms with van der Waals surface area (Å²) in [5, 5.41) is 2.62. The van der Waals surface area contributed by atoms with E-state index in [1.807, 2.05) is 0 Å². The summed E-state index contributed by atoms with van der Waals surface area (Å²) in [6.07, 6.45) is 1.59. The normalized spacial score (nSPS) is 9.26. The Kier molecular flexibility index (Phi) is 4.96. The fourth-order valence-corrected chi connectivity index (χ4v) is 1.76. The maximum atomic E-state index is 9.81. The third-order valence-corrected chi connectivity index (χ3v) is 2.70.